The molecule has 3 heteroatoms. The van der Waals surface area contributed by atoms with Gasteiger partial charge in [0.1, 0.15) is 0 Å². The molecule has 0 spiro atoms. The molecule has 0 saturated heterocycles. The van der Waals surface area contributed by atoms with Crippen LogP contribution in [-0.2, 0) is 11.2 Å². The number of nitrogens with zero attached hydrogens (tertiary/aromatic N) is 1. The lowest BCUT2D eigenvalue weighted by atomic mass is 10.1. The Morgan fingerprint density at radius 1 is 1.33 bits per heavy atom. The van der Waals surface area contributed by atoms with Crippen molar-refractivity contribution in [2.45, 2.75) is 13.3 Å². The summed E-state index contributed by atoms with van der Waals surface area (Å²) in [6.45, 7) is 3.83. The van der Waals surface area contributed by atoms with Crippen LogP contribution >= 0.6 is 0 Å². The van der Waals surface area contributed by atoms with Crippen LogP contribution in [0.5, 0.6) is 0 Å². The standard InChI is InChI=1S/C12H18N2O/c1-3-14(2)12-6-4-11(5-7-12)8-9-13-10-15/h4-7,10H,3,8-9H2,1-2H3,(H,13,15). The number of nitrogens with one attached hydrogen (secondary N) is 1. The number of hydrogen-bond donors (Lipinski definition) is 1. The van der Waals surface area contributed by atoms with Crippen LogP contribution in [0, 0.1) is 0 Å². The SMILES string of the molecule is CCN(C)c1ccc(CCNC=O)cc1. The quantitative estimate of drug-likeness (QED) is 0.564. The highest BCUT2D eigenvalue weighted by Gasteiger charge is 1.97. The minimum Gasteiger partial charge on any atom is -0.375 e. The van der Waals surface area contributed by atoms with Crippen molar-refractivity contribution in [1.29, 1.82) is 0 Å². The number of carbonyl (C=O) groups is 1. The summed E-state index contributed by atoms with van der Waals surface area (Å²) < 4.78 is 0. The molecule has 1 aromatic carbocycles. The smallest absolute Gasteiger partial charge is 0.207 e. The monoisotopic (exact) mass is 206 g/mol. The Morgan fingerprint density at radius 2 is 2.00 bits per heavy atom. The van der Waals surface area contributed by atoms with Gasteiger partial charge in [0.25, 0.3) is 0 Å². The number of hydrogen-bond acceptors (Lipinski definition) is 2. The molecule has 0 aliphatic heterocycles. The molecule has 0 aromatic heterocycles. The predicted molar refractivity (Wildman–Crippen MR) is 63.2 cm³/mol. The van der Waals surface area contributed by atoms with E-state index < -0.39 is 0 Å². The second-order valence-corrected chi connectivity index (χ2v) is 3.50. The number of rotatable bonds is 6. The van der Waals surface area contributed by atoms with Crippen LogP contribution in [0.25, 0.3) is 0 Å². The van der Waals surface area contributed by atoms with E-state index in [1.54, 1.807) is 0 Å². The number of carbonyl (C=O) groups excluding carboxylic acids is 1. The summed E-state index contributed by atoms with van der Waals surface area (Å²) in [5, 5.41) is 2.65. The molecule has 0 saturated carbocycles. The fourth-order valence-corrected chi connectivity index (χ4v) is 1.38. The highest BCUT2D eigenvalue weighted by Crippen LogP contribution is 2.13. The van der Waals surface area contributed by atoms with Crippen molar-refractivity contribution >= 4 is 12.1 Å². The molecule has 1 rings (SSSR count). The Kier molecular flexibility index (Phi) is 4.68. The summed E-state index contributed by atoms with van der Waals surface area (Å²) >= 11 is 0. The molecule has 0 aliphatic rings. The summed E-state index contributed by atoms with van der Waals surface area (Å²) in [5.74, 6) is 0. The Balaban J connectivity index is 2.52. The van der Waals surface area contributed by atoms with Gasteiger partial charge < -0.3 is 10.2 Å². The van der Waals surface area contributed by atoms with Crippen molar-refractivity contribution in [1.82, 2.24) is 5.32 Å². The molecule has 0 radical (unpaired) electrons. The number of amides is 1. The lowest BCUT2D eigenvalue weighted by Gasteiger charge is -2.16. The third-order valence-corrected chi connectivity index (χ3v) is 2.49. The van der Waals surface area contributed by atoms with Crippen LogP contribution in [-0.4, -0.2) is 26.5 Å². The van der Waals surface area contributed by atoms with Gasteiger partial charge in [-0.3, -0.25) is 4.79 Å². The molecule has 0 unspecified atom stereocenters. The zero-order valence-electron chi connectivity index (χ0n) is 9.36. The van der Waals surface area contributed by atoms with Crippen LogP contribution in [0.15, 0.2) is 24.3 Å². The predicted octanol–water partition coefficient (Wildman–Crippen LogP) is 1.43. The largest absolute Gasteiger partial charge is 0.375 e. The Hall–Kier alpha value is -1.51. The molecule has 82 valence electrons. The van der Waals surface area contributed by atoms with Gasteiger partial charge in [-0.15, -0.1) is 0 Å². The maximum Gasteiger partial charge on any atom is 0.207 e. The third kappa shape index (κ3) is 3.62. The third-order valence-electron chi connectivity index (χ3n) is 2.49. The van der Waals surface area contributed by atoms with E-state index in [2.05, 4.69) is 48.5 Å². The van der Waals surface area contributed by atoms with E-state index in [9.17, 15) is 4.79 Å². The van der Waals surface area contributed by atoms with Gasteiger partial charge in [0.2, 0.25) is 6.41 Å². The molecule has 1 amide bonds. The van der Waals surface area contributed by atoms with E-state index in [4.69, 9.17) is 0 Å². The van der Waals surface area contributed by atoms with Crippen LogP contribution in [0.1, 0.15) is 12.5 Å². The van der Waals surface area contributed by atoms with E-state index in [0.29, 0.717) is 6.54 Å². The Labute approximate surface area is 91.1 Å². The van der Waals surface area contributed by atoms with E-state index in [-0.39, 0.29) is 0 Å². The van der Waals surface area contributed by atoms with E-state index in [0.717, 1.165) is 19.4 Å². The topological polar surface area (TPSA) is 32.3 Å². The van der Waals surface area contributed by atoms with Gasteiger partial charge in [-0.05, 0) is 31.0 Å². The first-order valence-electron chi connectivity index (χ1n) is 5.25. The Morgan fingerprint density at radius 3 is 2.53 bits per heavy atom. The lowest BCUT2D eigenvalue weighted by Crippen LogP contribution is -2.16. The normalized spacial score (nSPS) is 9.73. The van der Waals surface area contributed by atoms with E-state index in [1.165, 1.54) is 11.3 Å². The molecule has 0 fully saturated rings. The van der Waals surface area contributed by atoms with Gasteiger partial charge in [0.05, 0.1) is 0 Å². The van der Waals surface area contributed by atoms with Gasteiger partial charge >= 0.3 is 0 Å². The maximum absolute atomic E-state index is 10.1. The minimum atomic E-state index is 0.701. The average molecular weight is 206 g/mol. The van der Waals surface area contributed by atoms with E-state index >= 15 is 0 Å². The highest BCUT2D eigenvalue weighted by molar-refractivity contribution is 5.47. The molecular formula is C12H18N2O. The van der Waals surface area contributed by atoms with Gasteiger partial charge in [0.15, 0.2) is 0 Å². The fourth-order valence-electron chi connectivity index (χ4n) is 1.38. The second kappa shape index (κ2) is 6.06. The summed E-state index contributed by atoms with van der Waals surface area (Å²) in [6.07, 6.45) is 1.62. The van der Waals surface area contributed by atoms with Crippen LogP contribution in [0.2, 0.25) is 0 Å². The zero-order chi connectivity index (χ0) is 11.1. The average Bonchev–Trinajstić information content (AvgIpc) is 2.29. The van der Waals surface area contributed by atoms with Gasteiger partial charge in [-0.1, -0.05) is 12.1 Å². The molecular weight excluding hydrogens is 188 g/mol. The molecule has 0 bridgehead atoms. The minimum absolute atomic E-state index is 0.701. The molecule has 0 heterocycles. The van der Waals surface area contributed by atoms with Gasteiger partial charge in [-0.25, -0.2) is 0 Å². The van der Waals surface area contributed by atoms with Crippen molar-refractivity contribution in [2.24, 2.45) is 0 Å². The maximum atomic E-state index is 10.1. The first-order chi connectivity index (χ1) is 7.27. The van der Waals surface area contributed by atoms with Crippen molar-refractivity contribution < 1.29 is 4.79 Å². The van der Waals surface area contributed by atoms with Crippen molar-refractivity contribution in [2.75, 3.05) is 25.0 Å². The summed E-state index contributed by atoms with van der Waals surface area (Å²) in [7, 11) is 2.07. The zero-order valence-corrected chi connectivity index (χ0v) is 9.36. The molecule has 15 heavy (non-hydrogen) atoms. The molecule has 0 aliphatic carbocycles. The molecule has 1 N–H and O–H groups in total. The van der Waals surface area contributed by atoms with E-state index in [1.807, 2.05) is 0 Å². The molecule has 1 aromatic rings. The lowest BCUT2D eigenvalue weighted by molar-refractivity contribution is -0.109. The molecule has 3 nitrogen and oxygen atoms in total. The summed E-state index contributed by atoms with van der Waals surface area (Å²) in [6, 6.07) is 8.43. The first kappa shape index (κ1) is 11.6. The molecule has 0 atom stereocenters. The van der Waals surface area contributed by atoms with Crippen molar-refractivity contribution in [3.05, 3.63) is 29.8 Å². The van der Waals surface area contributed by atoms with Crippen LogP contribution in [0.4, 0.5) is 5.69 Å². The van der Waals surface area contributed by atoms with Crippen molar-refractivity contribution in [3.63, 3.8) is 0 Å². The van der Waals surface area contributed by atoms with Gasteiger partial charge in [-0.2, -0.15) is 0 Å². The summed E-state index contributed by atoms with van der Waals surface area (Å²) in [4.78, 5) is 12.2. The Bertz CT molecular complexity index is 295. The number of benzene rings is 1. The highest BCUT2D eigenvalue weighted by atomic mass is 16.1. The van der Waals surface area contributed by atoms with Gasteiger partial charge in [0, 0.05) is 25.8 Å². The number of anilines is 1. The van der Waals surface area contributed by atoms with Crippen LogP contribution < -0.4 is 10.2 Å². The first-order valence-corrected chi connectivity index (χ1v) is 5.25. The van der Waals surface area contributed by atoms with Crippen molar-refractivity contribution in [3.8, 4) is 0 Å². The van der Waals surface area contributed by atoms with Crippen LogP contribution in [0.3, 0.4) is 0 Å². The summed E-state index contributed by atoms with van der Waals surface area (Å²) in [5.41, 5.74) is 2.47. The fraction of sp³-hybridized carbons (Fsp3) is 0.417. The second-order valence-electron chi connectivity index (χ2n) is 3.50.